The number of hydrogen-bond donors (Lipinski definition) is 2. The molecular weight excluding hydrogens is 322 g/mol. The number of anilines is 1. The summed E-state index contributed by atoms with van der Waals surface area (Å²) in [5, 5.41) is 9.34. The summed E-state index contributed by atoms with van der Waals surface area (Å²) >= 11 is 0. The Labute approximate surface area is 135 Å². The molecule has 1 aromatic rings. The number of nitrogens with zero attached hydrogens (tertiary/aromatic N) is 1. The van der Waals surface area contributed by atoms with Crippen LogP contribution in [0.1, 0.15) is 25.8 Å². The topological polar surface area (TPSA) is 112 Å². The Bertz CT molecular complexity index is 666. The molecule has 0 radical (unpaired) electrons. The molecule has 7 nitrogen and oxygen atoms in total. The fraction of sp³-hybridized carbons (Fsp3) is 0.467. The van der Waals surface area contributed by atoms with Crippen LogP contribution in [0.15, 0.2) is 24.3 Å². The zero-order chi connectivity index (χ0) is 17.8. The summed E-state index contributed by atoms with van der Waals surface area (Å²) in [6.45, 7) is 5.42. The molecule has 0 aliphatic rings. The molecular formula is C15H21NO6S. The minimum Gasteiger partial charge on any atom is -0.480 e. The zero-order valence-electron chi connectivity index (χ0n) is 13.3. The molecule has 0 aromatic heterocycles. The number of carboxylic acid groups (broad SMARTS) is 1. The molecule has 1 atom stereocenters. The SMILES string of the molecule is Cc1ccc(N(C(=O)CC(C)C)[C@@H](CS(=O)(=O)O)C(=O)O)cc1. The molecule has 0 heterocycles. The van der Waals surface area contributed by atoms with E-state index in [0.717, 1.165) is 10.5 Å². The molecule has 1 rings (SSSR count). The van der Waals surface area contributed by atoms with Gasteiger partial charge in [0.05, 0.1) is 0 Å². The minimum absolute atomic E-state index is 0.0318. The lowest BCUT2D eigenvalue weighted by atomic mass is 10.1. The highest BCUT2D eigenvalue weighted by molar-refractivity contribution is 7.85. The van der Waals surface area contributed by atoms with Gasteiger partial charge in [0.15, 0.2) is 6.04 Å². The number of rotatable bonds is 7. The van der Waals surface area contributed by atoms with Gasteiger partial charge in [-0.25, -0.2) is 4.79 Å². The number of carbonyl (C=O) groups is 2. The van der Waals surface area contributed by atoms with Crippen LogP contribution in [0.4, 0.5) is 5.69 Å². The third-order valence-electron chi connectivity index (χ3n) is 3.13. The maximum absolute atomic E-state index is 12.5. The van der Waals surface area contributed by atoms with Gasteiger partial charge in [-0.1, -0.05) is 31.5 Å². The molecule has 1 aromatic carbocycles. The van der Waals surface area contributed by atoms with Gasteiger partial charge in [-0.3, -0.25) is 14.2 Å². The van der Waals surface area contributed by atoms with E-state index in [2.05, 4.69) is 0 Å². The van der Waals surface area contributed by atoms with Crippen molar-refractivity contribution in [2.75, 3.05) is 10.7 Å². The predicted octanol–water partition coefficient (Wildman–Crippen LogP) is 1.72. The third kappa shape index (κ3) is 5.99. The van der Waals surface area contributed by atoms with E-state index < -0.39 is 33.8 Å². The van der Waals surface area contributed by atoms with E-state index in [-0.39, 0.29) is 18.0 Å². The highest BCUT2D eigenvalue weighted by Gasteiger charge is 2.34. The summed E-state index contributed by atoms with van der Waals surface area (Å²) in [5.74, 6) is -3.11. The van der Waals surface area contributed by atoms with E-state index in [4.69, 9.17) is 4.55 Å². The minimum atomic E-state index is -4.57. The Kier molecular flexibility index (Phi) is 6.28. The molecule has 0 spiro atoms. The first-order valence-electron chi connectivity index (χ1n) is 7.08. The predicted molar refractivity (Wildman–Crippen MR) is 86.0 cm³/mol. The van der Waals surface area contributed by atoms with Crippen LogP contribution in [0.25, 0.3) is 0 Å². The van der Waals surface area contributed by atoms with Crippen molar-refractivity contribution < 1.29 is 27.7 Å². The fourth-order valence-electron chi connectivity index (χ4n) is 2.11. The summed E-state index contributed by atoms with van der Waals surface area (Å²) in [4.78, 5) is 24.9. The second kappa shape index (κ2) is 7.56. The first-order valence-corrected chi connectivity index (χ1v) is 8.69. The average molecular weight is 343 g/mol. The van der Waals surface area contributed by atoms with Crippen molar-refractivity contribution in [2.45, 2.75) is 33.2 Å². The number of aryl methyl sites for hydroxylation is 1. The highest BCUT2D eigenvalue weighted by atomic mass is 32.2. The smallest absolute Gasteiger partial charge is 0.327 e. The fourth-order valence-corrected chi connectivity index (χ4v) is 2.80. The van der Waals surface area contributed by atoms with E-state index in [0.29, 0.717) is 0 Å². The maximum atomic E-state index is 12.5. The van der Waals surface area contributed by atoms with Gasteiger partial charge in [0.1, 0.15) is 5.75 Å². The van der Waals surface area contributed by atoms with Crippen molar-refractivity contribution in [3.05, 3.63) is 29.8 Å². The number of carboxylic acids is 1. The summed E-state index contributed by atoms with van der Waals surface area (Å²) in [7, 11) is -4.57. The van der Waals surface area contributed by atoms with Crippen LogP contribution >= 0.6 is 0 Å². The van der Waals surface area contributed by atoms with E-state index in [1.54, 1.807) is 38.1 Å². The molecule has 0 saturated carbocycles. The number of amides is 1. The largest absolute Gasteiger partial charge is 0.480 e. The van der Waals surface area contributed by atoms with Crippen LogP contribution in [0.2, 0.25) is 0 Å². The van der Waals surface area contributed by atoms with Crippen molar-refractivity contribution in [1.29, 1.82) is 0 Å². The normalized spacial score (nSPS) is 12.9. The molecule has 0 saturated heterocycles. The van der Waals surface area contributed by atoms with Gasteiger partial charge in [0.2, 0.25) is 5.91 Å². The lowest BCUT2D eigenvalue weighted by Gasteiger charge is -2.29. The number of aliphatic carboxylic acids is 1. The summed E-state index contributed by atoms with van der Waals surface area (Å²) in [6.07, 6.45) is 0.0587. The lowest BCUT2D eigenvalue weighted by Crippen LogP contribution is -2.49. The quantitative estimate of drug-likeness (QED) is 0.729. The van der Waals surface area contributed by atoms with Crippen LogP contribution in [-0.4, -0.2) is 41.7 Å². The monoisotopic (exact) mass is 343 g/mol. The van der Waals surface area contributed by atoms with Gasteiger partial charge >= 0.3 is 5.97 Å². The van der Waals surface area contributed by atoms with Gasteiger partial charge in [-0.2, -0.15) is 8.42 Å². The van der Waals surface area contributed by atoms with Crippen molar-refractivity contribution in [1.82, 2.24) is 0 Å². The van der Waals surface area contributed by atoms with Gasteiger partial charge in [0.25, 0.3) is 10.1 Å². The molecule has 0 fully saturated rings. The first-order chi connectivity index (χ1) is 10.5. The van der Waals surface area contributed by atoms with Crippen LogP contribution in [0.5, 0.6) is 0 Å². The number of carbonyl (C=O) groups excluding carboxylic acids is 1. The first kappa shape index (κ1) is 19.1. The molecule has 128 valence electrons. The molecule has 0 aliphatic heterocycles. The van der Waals surface area contributed by atoms with Crippen molar-refractivity contribution in [2.24, 2.45) is 5.92 Å². The van der Waals surface area contributed by atoms with Crippen molar-refractivity contribution in [3.63, 3.8) is 0 Å². The molecule has 0 unspecified atom stereocenters. The van der Waals surface area contributed by atoms with Gasteiger partial charge in [0, 0.05) is 12.1 Å². The lowest BCUT2D eigenvalue weighted by molar-refractivity contribution is -0.139. The van der Waals surface area contributed by atoms with Gasteiger partial charge in [-0.05, 0) is 25.0 Å². The van der Waals surface area contributed by atoms with E-state index in [1.807, 2.05) is 6.92 Å². The van der Waals surface area contributed by atoms with Gasteiger partial charge in [-0.15, -0.1) is 0 Å². The average Bonchev–Trinajstić information content (AvgIpc) is 2.37. The molecule has 1 amide bonds. The van der Waals surface area contributed by atoms with E-state index in [1.165, 1.54) is 0 Å². The highest BCUT2D eigenvalue weighted by Crippen LogP contribution is 2.21. The van der Waals surface area contributed by atoms with E-state index in [9.17, 15) is 23.1 Å². The Morgan fingerprint density at radius 3 is 2.09 bits per heavy atom. The summed E-state index contributed by atoms with van der Waals surface area (Å²) < 4.78 is 31.3. The Balaban J connectivity index is 3.32. The van der Waals surface area contributed by atoms with E-state index >= 15 is 0 Å². The van der Waals surface area contributed by atoms with Gasteiger partial charge < -0.3 is 5.11 Å². The second-order valence-corrected chi connectivity index (χ2v) is 7.30. The summed E-state index contributed by atoms with van der Waals surface area (Å²) in [6, 6.07) is 4.79. The molecule has 2 N–H and O–H groups in total. The zero-order valence-corrected chi connectivity index (χ0v) is 14.1. The standard InChI is InChI=1S/C15H21NO6S/c1-10(2)8-14(17)16(12-6-4-11(3)5-7-12)13(15(18)19)9-23(20,21)22/h4-7,10,13H,8-9H2,1-3H3,(H,18,19)(H,20,21,22)/t13-/m0/s1. The second-order valence-electron chi connectivity index (χ2n) is 5.80. The number of hydrogen-bond acceptors (Lipinski definition) is 4. The van der Waals surface area contributed by atoms with Crippen LogP contribution in [0.3, 0.4) is 0 Å². The van der Waals surface area contributed by atoms with Crippen molar-refractivity contribution >= 4 is 27.7 Å². The Hall–Kier alpha value is -1.93. The number of benzene rings is 1. The molecule has 0 bridgehead atoms. The van der Waals surface area contributed by atoms with Crippen LogP contribution < -0.4 is 4.90 Å². The van der Waals surface area contributed by atoms with Crippen molar-refractivity contribution in [3.8, 4) is 0 Å². The Morgan fingerprint density at radius 2 is 1.70 bits per heavy atom. The molecule has 23 heavy (non-hydrogen) atoms. The third-order valence-corrected chi connectivity index (χ3v) is 3.87. The molecule has 0 aliphatic carbocycles. The van der Waals surface area contributed by atoms with Crippen LogP contribution in [0, 0.1) is 12.8 Å². The van der Waals surface area contributed by atoms with Crippen LogP contribution in [-0.2, 0) is 19.7 Å². The summed E-state index contributed by atoms with van der Waals surface area (Å²) in [5.41, 5.74) is 1.18. The maximum Gasteiger partial charge on any atom is 0.327 e. The Morgan fingerprint density at radius 1 is 1.17 bits per heavy atom. The molecule has 8 heteroatoms.